The van der Waals surface area contributed by atoms with Gasteiger partial charge in [-0.2, -0.15) is 11.8 Å². The third kappa shape index (κ3) is 3.88. The zero-order valence-electron chi connectivity index (χ0n) is 8.70. The highest BCUT2D eigenvalue weighted by molar-refractivity contribution is 7.99. The van der Waals surface area contributed by atoms with Crippen molar-refractivity contribution in [3.8, 4) is 0 Å². The molecule has 1 heterocycles. The lowest BCUT2D eigenvalue weighted by atomic mass is 10.1. The second-order valence-electron chi connectivity index (χ2n) is 3.98. The Morgan fingerprint density at radius 3 is 2.77 bits per heavy atom. The molecule has 1 fully saturated rings. The molecule has 0 radical (unpaired) electrons. The van der Waals surface area contributed by atoms with Crippen LogP contribution in [0, 0.1) is 5.92 Å². The second-order valence-corrected chi connectivity index (χ2v) is 5.13. The molecule has 1 N–H and O–H groups in total. The third-order valence-corrected chi connectivity index (χ3v) is 3.80. The van der Waals surface area contributed by atoms with E-state index >= 15 is 0 Å². The molecule has 1 aliphatic heterocycles. The molecule has 0 spiro atoms. The molecule has 1 aliphatic rings. The van der Waals surface area contributed by atoms with Crippen LogP contribution in [0.1, 0.15) is 19.8 Å². The van der Waals surface area contributed by atoms with E-state index in [0.29, 0.717) is 5.92 Å². The largest absolute Gasteiger partial charge is 0.391 e. The van der Waals surface area contributed by atoms with Crippen LogP contribution in [0.3, 0.4) is 0 Å². The van der Waals surface area contributed by atoms with E-state index in [2.05, 4.69) is 18.9 Å². The van der Waals surface area contributed by atoms with Crippen LogP contribution in [0.15, 0.2) is 0 Å². The standard InChI is InChI=1S/C10H21NOS/c1-3-4-5-13-8-9-6-11(2)7-10(9)12/h9-10,12H,3-8H2,1-2H3/t9-,10+/m1/s1. The Morgan fingerprint density at radius 2 is 2.23 bits per heavy atom. The Morgan fingerprint density at radius 1 is 1.46 bits per heavy atom. The first-order valence-corrected chi connectivity index (χ1v) is 6.34. The van der Waals surface area contributed by atoms with Crippen LogP contribution in [-0.4, -0.2) is 47.8 Å². The molecule has 0 aliphatic carbocycles. The molecule has 3 heteroatoms. The number of nitrogens with zero attached hydrogens (tertiary/aromatic N) is 1. The fraction of sp³-hybridized carbons (Fsp3) is 1.00. The quantitative estimate of drug-likeness (QED) is 0.684. The van der Waals surface area contributed by atoms with Crippen molar-refractivity contribution in [1.29, 1.82) is 0 Å². The smallest absolute Gasteiger partial charge is 0.0715 e. The Hall–Kier alpha value is 0.270. The van der Waals surface area contributed by atoms with Gasteiger partial charge in [0.1, 0.15) is 0 Å². The molecule has 13 heavy (non-hydrogen) atoms. The van der Waals surface area contributed by atoms with E-state index in [-0.39, 0.29) is 6.10 Å². The molecule has 0 saturated carbocycles. The van der Waals surface area contributed by atoms with E-state index in [1.54, 1.807) is 0 Å². The average Bonchev–Trinajstić information content (AvgIpc) is 2.39. The highest BCUT2D eigenvalue weighted by atomic mass is 32.2. The molecule has 0 aromatic carbocycles. The van der Waals surface area contributed by atoms with Gasteiger partial charge in [-0.15, -0.1) is 0 Å². The van der Waals surface area contributed by atoms with Crippen LogP contribution in [0.5, 0.6) is 0 Å². The monoisotopic (exact) mass is 203 g/mol. The average molecular weight is 203 g/mol. The van der Waals surface area contributed by atoms with E-state index in [1.807, 2.05) is 11.8 Å². The summed E-state index contributed by atoms with van der Waals surface area (Å²) in [4.78, 5) is 2.22. The van der Waals surface area contributed by atoms with Gasteiger partial charge < -0.3 is 10.0 Å². The van der Waals surface area contributed by atoms with E-state index in [1.165, 1.54) is 18.6 Å². The maximum atomic E-state index is 9.66. The van der Waals surface area contributed by atoms with Crippen molar-refractivity contribution in [2.75, 3.05) is 31.6 Å². The Labute approximate surface area is 85.7 Å². The molecule has 0 aromatic rings. The molecular weight excluding hydrogens is 182 g/mol. The van der Waals surface area contributed by atoms with Crippen molar-refractivity contribution in [3.63, 3.8) is 0 Å². The summed E-state index contributed by atoms with van der Waals surface area (Å²) < 4.78 is 0. The molecule has 78 valence electrons. The van der Waals surface area contributed by atoms with Crippen molar-refractivity contribution < 1.29 is 5.11 Å². The zero-order valence-corrected chi connectivity index (χ0v) is 9.52. The fourth-order valence-electron chi connectivity index (χ4n) is 1.71. The number of aliphatic hydroxyl groups excluding tert-OH is 1. The molecule has 0 amide bonds. The molecule has 1 rings (SSSR count). The first kappa shape index (κ1) is 11.3. The van der Waals surface area contributed by atoms with Crippen LogP contribution in [0.4, 0.5) is 0 Å². The summed E-state index contributed by atoms with van der Waals surface area (Å²) in [6.45, 7) is 4.15. The first-order valence-electron chi connectivity index (χ1n) is 5.18. The van der Waals surface area contributed by atoms with Crippen molar-refractivity contribution in [2.45, 2.75) is 25.9 Å². The molecule has 0 unspecified atom stereocenters. The number of aliphatic hydroxyl groups is 1. The Kier molecular flexibility index (Phi) is 5.14. The van der Waals surface area contributed by atoms with Gasteiger partial charge in [0.25, 0.3) is 0 Å². The van der Waals surface area contributed by atoms with Crippen LogP contribution in [-0.2, 0) is 0 Å². The molecule has 0 bridgehead atoms. The SMILES string of the molecule is CCCCSC[C@H]1CN(C)C[C@@H]1O. The van der Waals surface area contributed by atoms with Crippen molar-refractivity contribution >= 4 is 11.8 Å². The third-order valence-electron chi connectivity index (χ3n) is 2.56. The summed E-state index contributed by atoms with van der Waals surface area (Å²) in [6.07, 6.45) is 2.50. The van der Waals surface area contributed by atoms with E-state index in [4.69, 9.17) is 0 Å². The van der Waals surface area contributed by atoms with Crippen molar-refractivity contribution in [3.05, 3.63) is 0 Å². The van der Waals surface area contributed by atoms with Gasteiger partial charge in [0.05, 0.1) is 6.10 Å². The number of likely N-dealkylation sites (tertiary alicyclic amines) is 1. The zero-order chi connectivity index (χ0) is 9.68. The Bertz CT molecular complexity index is 143. The normalized spacial score (nSPS) is 29.8. The number of β-amino-alcohol motifs (C(OH)–C–C–N with tert-alkyl or cyclic N) is 1. The van der Waals surface area contributed by atoms with Gasteiger partial charge in [-0.3, -0.25) is 0 Å². The predicted molar refractivity (Wildman–Crippen MR) is 59.2 cm³/mol. The van der Waals surface area contributed by atoms with Gasteiger partial charge in [0, 0.05) is 19.0 Å². The number of unbranched alkanes of at least 4 members (excludes halogenated alkanes) is 1. The van der Waals surface area contributed by atoms with Crippen LogP contribution in [0.2, 0.25) is 0 Å². The maximum absolute atomic E-state index is 9.66. The summed E-state index contributed by atoms with van der Waals surface area (Å²) in [5.41, 5.74) is 0. The van der Waals surface area contributed by atoms with Gasteiger partial charge in [0.15, 0.2) is 0 Å². The number of hydrogen-bond donors (Lipinski definition) is 1. The number of likely N-dealkylation sites (N-methyl/N-ethyl adjacent to an activating group) is 1. The maximum Gasteiger partial charge on any atom is 0.0715 e. The summed E-state index contributed by atoms with van der Waals surface area (Å²) in [5.74, 6) is 2.89. The van der Waals surface area contributed by atoms with Crippen LogP contribution in [0.25, 0.3) is 0 Å². The lowest BCUT2D eigenvalue weighted by Crippen LogP contribution is -2.20. The second kappa shape index (κ2) is 5.89. The van der Waals surface area contributed by atoms with Crippen LogP contribution >= 0.6 is 11.8 Å². The van der Waals surface area contributed by atoms with E-state index in [9.17, 15) is 5.11 Å². The van der Waals surface area contributed by atoms with Crippen molar-refractivity contribution in [2.24, 2.45) is 5.92 Å². The van der Waals surface area contributed by atoms with Gasteiger partial charge in [-0.25, -0.2) is 0 Å². The van der Waals surface area contributed by atoms with E-state index in [0.717, 1.165) is 18.8 Å². The molecule has 2 atom stereocenters. The van der Waals surface area contributed by atoms with E-state index < -0.39 is 0 Å². The molecular formula is C10H21NOS. The number of hydrogen-bond acceptors (Lipinski definition) is 3. The minimum atomic E-state index is -0.0841. The van der Waals surface area contributed by atoms with Gasteiger partial charge >= 0.3 is 0 Å². The minimum absolute atomic E-state index is 0.0841. The van der Waals surface area contributed by atoms with Crippen LogP contribution < -0.4 is 0 Å². The first-order chi connectivity index (χ1) is 6.24. The summed E-state index contributed by atoms with van der Waals surface area (Å²) in [7, 11) is 2.08. The lowest BCUT2D eigenvalue weighted by Gasteiger charge is -2.12. The predicted octanol–water partition coefficient (Wildman–Crippen LogP) is 1.44. The highest BCUT2D eigenvalue weighted by Gasteiger charge is 2.28. The Balaban J connectivity index is 2.07. The summed E-state index contributed by atoms with van der Waals surface area (Å²) >= 11 is 1.99. The minimum Gasteiger partial charge on any atom is -0.391 e. The van der Waals surface area contributed by atoms with Gasteiger partial charge in [-0.1, -0.05) is 13.3 Å². The summed E-state index contributed by atoms with van der Waals surface area (Å²) in [6, 6.07) is 0. The fourth-order valence-corrected chi connectivity index (χ4v) is 3.00. The topological polar surface area (TPSA) is 23.5 Å². The summed E-state index contributed by atoms with van der Waals surface area (Å²) in [5, 5.41) is 9.66. The molecule has 0 aromatic heterocycles. The lowest BCUT2D eigenvalue weighted by molar-refractivity contribution is 0.152. The molecule has 1 saturated heterocycles. The van der Waals surface area contributed by atoms with Gasteiger partial charge in [0.2, 0.25) is 0 Å². The highest BCUT2D eigenvalue weighted by Crippen LogP contribution is 2.20. The number of rotatable bonds is 5. The van der Waals surface area contributed by atoms with Gasteiger partial charge in [-0.05, 0) is 25.0 Å². The molecule has 2 nitrogen and oxygen atoms in total. The number of thioether (sulfide) groups is 1. The van der Waals surface area contributed by atoms with Crippen molar-refractivity contribution in [1.82, 2.24) is 4.90 Å².